The van der Waals surface area contributed by atoms with Crippen LogP contribution in [0.3, 0.4) is 0 Å². The van der Waals surface area contributed by atoms with E-state index in [0.717, 1.165) is 21.8 Å². The van der Waals surface area contributed by atoms with E-state index in [9.17, 15) is 4.79 Å². The molecule has 4 rings (SSSR count). The van der Waals surface area contributed by atoms with Crippen molar-refractivity contribution in [2.24, 2.45) is 0 Å². The molecule has 1 aromatic carbocycles. The van der Waals surface area contributed by atoms with E-state index in [2.05, 4.69) is 46.5 Å². The Morgan fingerprint density at radius 1 is 1.19 bits per heavy atom. The van der Waals surface area contributed by atoms with E-state index in [4.69, 9.17) is 9.15 Å². The van der Waals surface area contributed by atoms with Gasteiger partial charge in [0.05, 0.1) is 17.1 Å². The molecule has 0 amide bonds. The van der Waals surface area contributed by atoms with Crippen molar-refractivity contribution in [2.75, 3.05) is 0 Å². The van der Waals surface area contributed by atoms with Gasteiger partial charge in [0.1, 0.15) is 0 Å². The Morgan fingerprint density at radius 3 is 2.69 bits per heavy atom. The number of rotatable bonds is 7. The maximum Gasteiger partial charge on any atom is 0.331 e. The number of hydrogen-bond donors (Lipinski definition) is 0. The maximum atomic E-state index is 12.4. The van der Waals surface area contributed by atoms with Crippen molar-refractivity contribution in [1.82, 2.24) is 20.0 Å². The third-order valence-electron chi connectivity index (χ3n) is 5.09. The van der Waals surface area contributed by atoms with E-state index in [1.165, 1.54) is 28.5 Å². The van der Waals surface area contributed by atoms with E-state index >= 15 is 0 Å². The number of esters is 1. The molecule has 0 saturated heterocycles. The quantitative estimate of drug-likeness (QED) is 0.282. The highest BCUT2D eigenvalue weighted by Crippen LogP contribution is 2.26. The lowest BCUT2D eigenvalue weighted by Crippen LogP contribution is -2.06. The van der Waals surface area contributed by atoms with Crippen molar-refractivity contribution in [3.63, 3.8) is 0 Å². The van der Waals surface area contributed by atoms with Gasteiger partial charge in [0.25, 0.3) is 11.8 Å². The van der Waals surface area contributed by atoms with Crippen molar-refractivity contribution in [3.8, 4) is 10.8 Å². The first-order chi connectivity index (χ1) is 15.4. The molecule has 0 bridgehead atoms. The number of hydrogen-bond acceptors (Lipinski definition) is 7. The number of thiophene rings is 1. The van der Waals surface area contributed by atoms with Gasteiger partial charge < -0.3 is 9.15 Å². The minimum absolute atomic E-state index is 0.258. The zero-order chi connectivity index (χ0) is 22.7. The highest BCUT2D eigenvalue weighted by atomic mass is 32.1. The van der Waals surface area contributed by atoms with Crippen molar-refractivity contribution in [1.29, 1.82) is 0 Å². The zero-order valence-electron chi connectivity index (χ0n) is 18.4. The summed E-state index contributed by atoms with van der Waals surface area (Å²) in [5, 5.41) is 14.6. The van der Waals surface area contributed by atoms with Gasteiger partial charge in [0.15, 0.2) is 6.10 Å². The zero-order valence-corrected chi connectivity index (χ0v) is 19.2. The fourth-order valence-corrected chi connectivity index (χ4v) is 3.93. The van der Waals surface area contributed by atoms with Crippen LogP contribution in [-0.4, -0.2) is 25.9 Å². The number of benzene rings is 1. The summed E-state index contributed by atoms with van der Waals surface area (Å²) in [6.07, 6.45) is 2.49. The predicted octanol–water partition coefficient (Wildman–Crippen LogP) is 5.29. The van der Waals surface area contributed by atoms with Gasteiger partial charge in [-0.25, -0.2) is 4.79 Å². The lowest BCUT2D eigenvalue weighted by Gasteiger charge is -2.07. The van der Waals surface area contributed by atoms with Crippen molar-refractivity contribution >= 4 is 23.4 Å². The Hall–Kier alpha value is -3.52. The summed E-state index contributed by atoms with van der Waals surface area (Å²) in [4.78, 5) is 13.2. The van der Waals surface area contributed by atoms with Crippen LogP contribution in [0.1, 0.15) is 47.0 Å². The van der Waals surface area contributed by atoms with E-state index in [1.54, 1.807) is 13.0 Å². The summed E-state index contributed by atoms with van der Waals surface area (Å²) in [6, 6.07) is 12.2. The average Bonchev–Trinajstić information content (AvgIpc) is 3.50. The number of aryl methyl sites for hydroxylation is 2. The van der Waals surface area contributed by atoms with Gasteiger partial charge in [-0.1, -0.05) is 35.9 Å². The molecule has 8 heteroatoms. The fraction of sp³-hybridized carbons (Fsp3) is 0.250. The van der Waals surface area contributed by atoms with Crippen LogP contribution in [0.2, 0.25) is 0 Å². The van der Waals surface area contributed by atoms with Crippen LogP contribution >= 0.6 is 11.3 Å². The molecule has 0 aliphatic heterocycles. The number of carbonyl (C=O) groups excluding carboxylic acids is 1. The Labute approximate surface area is 190 Å². The van der Waals surface area contributed by atoms with Gasteiger partial charge in [-0.15, -0.1) is 21.5 Å². The first-order valence-corrected chi connectivity index (χ1v) is 11.1. The van der Waals surface area contributed by atoms with Crippen molar-refractivity contribution in [3.05, 3.63) is 81.8 Å². The summed E-state index contributed by atoms with van der Waals surface area (Å²) >= 11 is 1.50. The average molecular weight is 449 g/mol. The topological polar surface area (TPSA) is 83.0 Å². The Balaban J connectivity index is 1.41. The number of ether oxygens (including phenoxy) is 1. The van der Waals surface area contributed by atoms with E-state index in [1.807, 2.05) is 36.0 Å². The van der Waals surface area contributed by atoms with E-state index in [-0.39, 0.29) is 5.89 Å². The third-order valence-corrected chi connectivity index (χ3v) is 5.95. The number of carbonyl (C=O) groups is 1. The maximum absolute atomic E-state index is 12.4. The molecule has 1 unspecified atom stereocenters. The van der Waals surface area contributed by atoms with Gasteiger partial charge in [-0.2, -0.15) is 5.10 Å². The molecule has 164 valence electrons. The minimum Gasteiger partial charge on any atom is -0.449 e. The second-order valence-corrected chi connectivity index (χ2v) is 8.51. The Kier molecular flexibility index (Phi) is 6.32. The second-order valence-electron chi connectivity index (χ2n) is 7.56. The van der Waals surface area contributed by atoms with Crippen LogP contribution in [0, 0.1) is 20.8 Å². The summed E-state index contributed by atoms with van der Waals surface area (Å²) in [7, 11) is 0. The molecule has 0 aliphatic rings. The smallest absolute Gasteiger partial charge is 0.331 e. The number of nitrogens with zero attached hydrogens (tertiary/aromatic N) is 4. The molecule has 1 atom stereocenters. The monoisotopic (exact) mass is 448 g/mol. The molecule has 0 spiro atoms. The first kappa shape index (κ1) is 21.7. The predicted molar refractivity (Wildman–Crippen MR) is 123 cm³/mol. The third kappa shape index (κ3) is 4.86. The molecule has 0 aliphatic carbocycles. The summed E-state index contributed by atoms with van der Waals surface area (Å²) in [5.41, 5.74) is 5.13. The van der Waals surface area contributed by atoms with Crippen molar-refractivity contribution in [2.45, 2.75) is 40.3 Å². The molecule has 3 heterocycles. The van der Waals surface area contributed by atoms with E-state index in [0.29, 0.717) is 12.4 Å². The lowest BCUT2D eigenvalue weighted by atomic mass is 10.1. The van der Waals surface area contributed by atoms with Gasteiger partial charge in [0.2, 0.25) is 0 Å². The molecule has 3 aromatic heterocycles. The molecular formula is C24H24N4O3S. The van der Waals surface area contributed by atoms with Crippen LogP contribution in [0.15, 0.2) is 52.3 Å². The van der Waals surface area contributed by atoms with Crippen LogP contribution < -0.4 is 0 Å². The molecule has 4 aromatic rings. The summed E-state index contributed by atoms with van der Waals surface area (Å²) in [5.74, 6) is 0.188. The lowest BCUT2D eigenvalue weighted by molar-refractivity contribution is -0.143. The van der Waals surface area contributed by atoms with Gasteiger partial charge in [-0.05, 0) is 50.8 Å². The van der Waals surface area contributed by atoms with Crippen LogP contribution in [0.4, 0.5) is 0 Å². The molecule has 0 N–H and O–H groups in total. The van der Waals surface area contributed by atoms with E-state index < -0.39 is 12.1 Å². The first-order valence-electron chi connectivity index (χ1n) is 10.3. The van der Waals surface area contributed by atoms with Gasteiger partial charge >= 0.3 is 5.97 Å². The molecule has 0 fully saturated rings. The molecule has 7 nitrogen and oxygen atoms in total. The number of aromatic nitrogens is 4. The molecular weight excluding hydrogens is 424 g/mol. The van der Waals surface area contributed by atoms with Gasteiger partial charge in [0, 0.05) is 17.3 Å². The molecule has 0 radical (unpaired) electrons. The molecule has 0 saturated carbocycles. The van der Waals surface area contributed by atoms with Crippen LogP contribution in [-0.2, 0) is 16.1 Å². The minimum atomic E-state index is -0.653. The Morgan fingerprint density at radius 2 is 1.97 bits per heavy atom. The summed E-state index contributed by atoms with van der Waals surface area (Å²) in [6.45, 7) is 8.36. The highest BCUT2D eigenvalue weighted by molar-refractivity contribution is 7.13. The molecule has 32 heavy (non-hydrogen) atoms. The van der Waals surface area contributed by atoms with Crippen LogP contribution in [0.25, 0.3) is 16.8 Å². The second kappa shape index (κ2) is 9.32. The Bertz CT molecular complexity index is 1240. The van der Waals surface area contributed by atoms with Crippen molar-refractivity contribution < 1.29 is 13.9 Å². The van der Waals surface area contributed by atoms with Gasteiger partial charge in [-0.3, -0.25) is 4.68 Å². The SMILES string of the molecule is Cc1ccc(Cn2nc(C)c(/C=C/C(=O)OC(C)c3nnc(-c4cccs4)o3)c2C)cc1. The summed E-state index contributed by atoms with van der Waals surface area (Å²) < 4.78 is 13.0. The highest BCUT2D eigenvalue weighted by Gasteiger charge is 2.19. The largest absolute Gasteiger partial charge is 0.449 e. The normalized spacial score (nSPS) is 12.4. The van der Waals surface area contributed by atoms with Crippen LogP contribution in [0.5, 0.6) is 0 Å². The fourth-order valence-electron chi connectivity index (χ4n) is 3.29. The standard InChI is InChI=1S/C24H24N4O3S/c1-15-7-9-19(10-8-15)14-28-17(3)20(16(2)27-28)11-12-22(29)30-18(4)23-25-26-24(31-23)21-6-5-13-32-21/h5-13,18H,14H2,1-4H3/b12-11+.